The van der Waals surface area contributed by atoms with Gasteiger partial charge in [-0.2, -0.15) is 0 Å². The Bertz CT molecular complexity index is 1210. The SMILES string of the molecule is Cc1cc(NC(=O)C(=C=O)N2[C@@H](c3ccc4scnc4c3)CC23CCC3)cnc1N. The molecule has 5 rings (SSSR count). The number of pyridine rings is 1. The first-order valence-corrected chi connectivity index (χ1v) is 10.8. The number of carbonyl (C=O) groups excluding carboxylic acids is 2. The van der Waals surface area contributed by atoms with Crippen LogP contribution >= 0.6 is 11.3 Å². The van der Waals surface area contributed by atoms with Gasteiger partial charge in [-0.1, -0.05) is 6.07 Å². The molecular formula is C22H21N5O2S. The number of benzene rings is 1. The summed E-state index contributed by atoms with van der Waals surface area (Å²) in [5.41, 5.74) is 10.8. The highest BCUT2D eigenvalue weighted by Crippen LogP contribution is 2.58. The number of thiazole rings is 1. The number of amides is 1. The Labute approximate surface area is 177 Å². The topological polar surface area (TPSA) is 101 Å². The maximum absolute atomic E-state index is 13.0. The van der Waals surface area contributed by atoms with E-state index in [2.05, 4.69) is 33.5 Å². The van der Waals surface area contributed by atoms with Crippen molar-refractivity contribution in [2.45, 2.75) is 44.2 Å². The van der Waals surface area contributed by atoms with Gasteiger partial charge in [0.05, 0.1) is 33.7 Å². The van der Waals surface area contributed by atoms with Gasteiger partial charge in [0.25, 0.3) is 5.91 Å². The van der Waals surface area contributed by atoms with Gasteiger partial charge in [-0.15, -0.1) is 11.3 Å². The van der Waals surface area contributed by atoms with E-state index in [0.29, 0.717) is 11.5 Å². The summed E-state index contributed by atoms with van der Waals surface area (Å²) in [6, 6.07) is 7.88. The first kappa shape index (κ1) is 18.8. The summed E-state index contributed by atoms with van der Waals surface area (Å²) in [4.78, 5) is 35.4. The lowest BCUT2D eigenvalue weighted by Crippen LogP contribution is -2.65. The standard InChI is InChI=1S/C22H21N5O2S/c1-13-7-15(10-24-20(13)23)26-21(29)18(11-28)27-17(9-22(27)5-2-6-22)14-3-4-19-16(8-14)25-12-30-19/h3-4,7-8,10,12,17H,2,5-6,9H2,1H3,(H2,23,24)(H,26,29)/t17-/m1/s1. The number of nitrogen functional groups attached to an aromatic ring is 1. The van der Waals surface area contributed by atoms with Gasteiger partial charge in [0.15, 0.2) is 11.6 Å². The fraction of sp³-hybridized carbons (Fsp3) is 0.318. The molecule has 1 saturated heterocycles. The van der Waals surface area contributed by atoms with Crippen molar-refractivity contribution in [2.75, 3.05) is 11.1 Å². The summed E-state index contributed by atoms with van der Waals surface area (Å²) in [7, 11) is 0. The molecule has 8 heteroatoms. The highest BCUT2D eigenvalue weighted by molar-refractivity contribution is 7.16. The molecule has 1 atom stereocenters. The van der Waals surface area contributed by atoms with Crippen LogP contribution in [0.4, 0.5) is 11.5 Å². The van der Waals surface area contributed by atoms with Crippen LogP contribution in [-0.2, 0) is 9.59 Å². The van der Waals surface area contributed by atoms with Gasteiger partial charge in [0.2, 0.25) is 0 Å². The van der Waals surface area contributed by atoms with E-state index in [1.54, 1.807) is 17.4 Å². The number of nitrogens with zero attached hydrogens (tertiary/aromatic N) is 3. The minimum atomic E-state index is -0.471. The number of likely N-dealkylation sites (tertiary alicyclic amines) is 1. The molecule has 7 nitrogen and oxygen atoms in total. The van der Waals surface area contributed by atoms with Crippen molar-refractivity contribution in [1.82, 2.24) is 14.9 Å². The lowest BCUT2D eigenvalue weighted by molar-refractivity contribution is -0.128. The number of aromatic nitrogens is 2. The Morgan fingerprint density at radius 2 is 2.17 bits per heavy atom. The molecule has 3 N–H and O–H groups in total. The second-order valence-corrected chi connectivity index (χ2v) is 8.96. The molecule has 1 aliphatic carbocycles. The zero-order valence-corrected chi connectivity index (χ0v) is 17.3. The van der Waals surface area contributed by atoms with Gasteiger partial charge in [0.1, 0.15) is 5.82 Å². The Balaban J connectivity index is 1.45. The van der Waals surface area contributed by atoms with Crippen molar-refractivity contribution in [1.29, 1.82) is 0 Å². The van der Waals surface area contributed by atoms with Gasteiger partial charge in [-0.25, -0.2) is 14.8 Å². The van der Waals surface area contributed by atoms with Crippen LogP contribution in [0.2, 0.25) is 0 Å². The van der Waals surface area contributed by atoms with Crippen LogP contribution in [0.1, 0.15) is 42.9 Å². The van der Waals surface area contributed by atoms with E-state index < -0.39 is 5.91 Å². The molecule has 2 aliphatic rings. The Morgan fingerprint density at radius 1 is 1.33 bits per heavy atom. The zero-order valence-electron chi connectivity index (χ0n) is 16.5. The van der Waals surface area contributed by atoms with Crippen LogP contribution in [0, 0.1) is 6.92 Å². The molecule has 1 aliphatic heterocycles. The van der Waals surface area contributed by atoms with Crippen LogP contribution < -0.4 is 11.1 Å². The summed E-state index contributed by atoms with van der Waals surface area (Å²) in [5, 5.41) is 2.78. The second-order valence-electron chi connectivity index (χ2n) is 8.08. The van der Waals surface area contributed by atoms with Gasteiger partial charge >= 0.3 is 0 Å². The molecule has 2 fully saturated rings. The number of hydrogen-bond acceptors (Lipinski definition) is 7. The van der Waals surface area contributed by atoms with Crippen LogP contribution in [0.3, 0.4) is 0 Å². The normalized spacial score (nSPS) is 19.1. The summed E-state index contributed by atoms with van der Waals surface area (Å²) in [6.45, 7) is 1.82. The fourth-order valence-electron chi connectivity index (χ4n) is 4.59. The van der Waals surface area contributed by atoms with Crippen LogP contribution in [0.5, 0.6) is 0 Å². The number of aryl methyl sites for hydroxylation is 1. The third kappa shape index (κ3) is 2.88. The maximum atomic E-state index is 13.0. The Hall–Kier alpha value is -3.22. The van der Waals surface area contributed by atoms with Crippen LogP contribution in [0.15, 0.2) is 41.7 Å². The van der Waals surface area contributed by atoms with Crippen molar-refractivity contribution in [3.63, 3.8) is 0 Å². The smallest absolute Gasteiger partial charge is 0.283 e. The van der Waals surface area contributed by atoms with Gasteiger partial charge in [-0.3, -0.25) is 4.79 Å². The molecule has 1 amide bonds. The van der Waals surface area contributed by atoms with E-state index in [0.717, 1.165) is 47.0 Å². The molecule has 1 aromatic carbocycles. The predicted octanol–water partition coefficient (Wildman–Crippen LogP) is 3.61. The molecule has 0 bridgehead atoms. The molecular weight excluding hydrogens is 398 g/mol. The molecule has 1 spiro atoms. The number of anilines is 2. The molecule has 3 heterocycles. The first-order valence-electron chi connectivity index (χ1n) is 9.92. The first-order chi connectivity index (χ1) is 14.5. The van der Waals surface area contributed by atoms with E-state index in [-0.39, 0.29) is 17.3 Å². The van der Waals surface area contributed by atoms with E-state index >= 15 is 0 Å². The third-order valence-corrected chi connectivity index (χ3v) is 7.16. The quantitative estimate of drug-likeness (QED) is 0.495. The molecule has 152 valence electrons. The molecule has 1 saturated carbocycles. The van der Waals surface area contributed by atoms with Crippen molar-refractivity contribution in [2.24, 2.45) is 0 Å². The maximum Gasteiger partial charge on any atom is 0.283 e. The zero-order chi connectivity index (χ0) is 20.9. The molecule has 0 unspecified atom stereocenters. The second kappa shape index (κ2) is 6.93. The van der Waals surface area contributed by atoms with E-state index in [1.807, 2.05) is 23.3 Å². The monoisotopic (exact) mass is 419 g/mol. The third-order valence-electron chi connectivity index (χ3n) is 6.35. The predicted molar refractivity (Wildman–Crippen MR) is 117 cm³/mol. The minimum Gasteiger partial charge on any atom is -0.383 e. The Morgan fingerprint density at radius 3 is 2.87 bits per heavy atom. The van der Waals surface area contributed by atoms with E-state index in [1.165, 1.54) is 6.20 Å². The number of nitrogens with one attached hydrogen (secondary N) is 1. The van der Waals surface area contributed by atoms with Crippen LogP contribution in [-0.4, -0.2) is 32.3 Å². The minimum absolute atomic E-state index is 0.0371. The van der Waals surface area contributed by atoms with E-state index in [4.69, 9.17) is 5.73 Å². The number of rotatable bonds is 4. The lowest BCUT2D eigenvalue weighted by atomic mass is 9.62. The summed E-state index contributed by atoms with van der Waals surface area (Å²) >= 11 is 1.60. The molecule has 2 aromatic heterocycles. The highest BCUT2D eigenvalue weighted by atomic mass is 32.1. The molecule has 3 aromatic rings. The van der Waals surface area contributed by atoms with Crippen molar-refractivity contribution < 1.29 is 9.59 Å². The van der Waals surface area contributed by atoms with Gasteiger partial charge in [-0.05, 0) is 61.9 Å². The Kier molecular flexibility index (Phi) is 4.34. The number of hydrogen-bond donors (Lipinski definition) is 2. The lowest BCUT2D eigenvalue weighted by Gasteiger charge is -2.64. The van der Waals surface area contributed by atoms with Crippen molar-refractivity contribution in [3.05, 3.63) is 52.8 Å². The molecule has 0 radical (unpaired) electrons. The van der Waals surface area contributed by atoms with E-state index in [9.17, 15) is 9.59 Å². The number of carbonyl (C=O) groups is 1. The largest absolute Gasteiger partial charge is 0.383 e. The summed E-state index contributed by atoms with van der Waals surface area (Å²) in [6.07, 6.45) is 5.46. The number of fused-ring (bicyclic) bond motifs is 1. The average Bonchev–Trinajstić information content (AvgIpc) is 3.14. The fourth-order valence-corrected chi connectivity index (χ4v) is 5.25. The number of nitrogens with two attached hydrogens (primary N) is 1. The average molecular weight is 420 g/mol. The van der Waals surface area contributed by atoms with Gasteiger partial charge < -0.3 is 16.0 Å². The van der Waals surface area contributed by atoms with Gasteiger partial charge in [0, 0.05) is 5.54 Å². The summed E-state index contributed by atoms with van der Waals surface area (Å²) < 4.78 is 1.12. The van der Waals surface area contributed by atoms with Crippen LogP contribution in [0.25, 0.3) is 10.2 Å². The molecule has 30 heavy (non-hydrogen) atoms. The van der Waals surface area contributed by atoms with Crippen molar-refractivity contribution in [3.8, 4) is 0 Å². The summed E-state index contributed by atoms with van der Waals surface area (Å²) in [5.74, 6) is 1.87. The van der Waals surface area contributed by atoms with Crippen molar-refractivity contribution >= 4 is 44.9 Å². The highest BCUT2D eigenvalue weighted by Gasteiger charge is 2.57.